The van der Waals surface area contributed by atoms with Crippen LogP contribution in [0.2, 0.25) is 0 Å². The molecule has 34 heavy (non-hydrogen) atoms. The van der Waals surface area contributed by atoms with Crippen LogP contribution in [-0.4, -0.2) is 28.9 Å². The lowest BCUT2D eigenvalue weighted by molar-refractivity contribution is -0.132. The molecule has 0 aliphatic carbocycles. The zero-order chi connectivity index (χ0) is 24.6. The topological polar surface area (TPSA) is 79.7 Å². The molecule has 0 saturated carbocycles. The van der Waals surface area contributed by atoms with Gasteiger partial charge in [0.2, 0.25) is 0 Å². The van der Waals surface area contributed by atoms with Crippen LogP contribution in [0.4, 0.5) is 10.1 Å². The Morgan fingerprint density at radius 2 is 1.85 bits per heavy atom. The van der Waals surface area contributed by atoms with Crippen molar-refractivity contribution in [2.45, 2.75) is 32.2 Å². The van der Waals surface area contributed by atoms with E-state index in [1.807, 2.05) is 20.8 Å². The van der Waals surface area contributed by atoms with Crippen LogP contribution in [0.3, 0.4) is 0 Å². The van der Waals surface area contributed by atoms with Gasteiger partial charge in [-0.3, -0.25) is 19.5 Å². The Kier molecular flexibility index (Phi) is 5.96. The van der Waals surface area contributed by atoms with Crippen LogP contribution in [0, 0.1) is 5.82 Å². The second kappa shape index (κ2) is 8.74. The molecule has 0 radical (unpaired) electrons. The maximum absolute atomic E-state index is 14.0. The van der Waals surface area contributed by atoms with Crippen molar-refractivity contribution in [2.75, 3.05) is 12.0 Å². The Hall–Kier alpha value is -4.00. The number of ketones is 1. The van der Waals surface area contributed by atoms with Crippen LogP contribution < -0.4 is 9.64 Å². The van der Waals surface area contributed by atoms with Crippen LogP contribution >= 0.6 is 0 Å². The van der Waals surface area contributed by atoms with Gasteiger partial charge in [-0.05, 0) is 53.4 Å². The smallest absolute Gasteiger partial charge is 0.300 e. The number of ether oxygens (including phenoxy) is 1. The molecule has 1 fully saturated rings. The number of aliphatic hydroxyl groups excluding tert-OH is 1. The molecule has 1 unspecified atom stereocenters. The Balaban J connectivity index is 1.95. The highest BCUT2D eigenvalue weighted by atomic mass is 19.1. The van der Waals surface area contributed by atoms with E-state index in [1.54, 1.807) is 49.7 Å². The van der Waals surface area contributed by atoms with Gasteiger partial charge in [0.15, 0.2) is 0 Å². The fourth-order valence-corrected chi connectivity index (χ4v) is 4.17. The number of halogens is 1. The summed E-state index contributed by atoms with van der Waals surface area (Å²) >= 11 is 0. The first kappa shape index (κ1) is 23.2. The average molecular weight is 461 g/mol. The molecule has 3 aromatic rings. The van der Waals surface area contributed by atoms with Gasteiger partial charge in [-0.15, -0.1) is 0 Å². The van der Waals surface area contributed by atoms with E-state index in [4.69, 9.17) is 4.74 Å². The van der Waals surface area contributed by atoms with Gasteiger partial charge in [0, 0.05) is 29.2 Å². The first-order chi connectivity index (χ1) is 16.1. The molecule has 174 valence electrons. The lowest BCUT2D eigenvalue weighted by atomic mass is 9.84. The Morgan fingerprint density at radius 3 is 2.47 bits per heavy atom. The van der Waals surface area contributed by atoms with Gasteiger partial charge in [-0.1, -0.05) is 32.9 Å². The Morgan fingerprint density at radius 1 is 1.09 bits per heavy atom. The van der Waals surface area contributed by atoms with E-state index in [2.05, 4.69) is 4.98 Å². The first-order valence-electron chi connectivity index (χ1n) is 10.8. The molecule has 6 nitrogen and oxygen atoms in total. The van der Waals surface area contributed by atoms with Crippen LogP contribution in [0.25, 0.3) is 5.76 Å². The van der Waals surface area contributed by atoms with Gasteiger partial charge < -0.3 is 9.84 Å². The second-order valence-corrected chi connectivity index (χ2v) is 9.10. The van der Waals surface area contributed by atoms with Gasteiger partial charge in [0.05, 0.1) is 18.7 Å². The lowest BCUT2D eigenvalue weighted by Gasteiger charge is -2.25. The molecule has 1 saturated heterocycles. The maximum atomic E-state index is 14.0. The van der Waals surface area contributed by atoms with Gasteiger partial charge in [-0.2, -0.15) is 0 Å². The number of hydrogen-bond donors (Lipinski definition) is 1. The third kappa shape index (κ3) is 4.05. The summed E-state index contributed by atoms with van der Waals surface area (Å²) in [6.45, 7) is 6.02. The van der Waals surface area contributed by atoms with Crippen molar-refractivity contribution >= 4 is 23.1 Å². The van der Waals surface area contributed by atoms with E-state index in [0.717, 1.165) is 5.56 Å². The molecule has 1 amide bonds. The molecule has 2 aromatic carbocycles. The molecule has 1 atom stereocenters. The lowest BCUT2D eigenvalue weighted by Crippen LogP contribution is -2.29. The minimum absolute atomic E-state index is 0.0905. The van der Waals surface area contributed by atoms with Crippen molar-refractivity contribution in [3.8, 4) is 5.75 Å². The average Bonchev–Trinajstić information content (AvgIpc) is 3.08. The molecular formula is C27H25FN2O4. The summed E-state index contributed by atoms with van der Waals surface area (Å²) in [5, 5.41) is 11.4. The van der Waals surface area contributed by atoms with Crippen molar-refractivity contribution < 1.29 is 23.8 Å². The third-order valence-electron chi connectivity index (χ3n) is 5.81. The minimum atomic E-state index is -0.976. The van der Waals surface area contributed by atoms with Gasteiger partial charge in [0.25, 0.3) is 11.7 Å². The number of carbonyl (C=O) groups is 2. The van der Waals surface area contributed by atoms with Gasteiger partial charge in [0.1, 0.15) is 17.3 Å². The Labute approximate surface area is 197 Å². The quantitative estimate of drug-likeness (QED) is 0.331. The van der Waals surface area contributed by atoms with E-state index < -0.39 is 23.5 Å². The molecule has 4 rings (SSSR count). The van der Waals surface area contributed by atoms with E-state index in [9.17, 15) is 19.1 Å². The summed E-state index contributed by atoms with van der Waals surface area (Å²) in [6, 6.07) is 13.0. The van der Waals surface area contributed by atoms with E-state index in [1.165, 1.54) is 29.3 Å². The van der Waals surface area contributed by atoms with E-state index in [-0.39, 0.29) is 22.4 Å². The SMILES string of the molecule is COc1ccc(/C(O)=C2/C(=O)C(=O)N(c3cccc(F)c3)C2c2cccnc2)cc1C(C)(C)C. The minimum Gasteiger partial charge on any atom is -0.507 e. The number of nitrogens with zero attached hydrogens (tertiary/aromatic N) is 2. The number of methoxy groups -OCH3 is 1. The normalized spacial score (nSPS) is 17.8. The molecule has 0 spiro atoms. The van der Waals surface area contributed by atoms with Gasteiger partial charge >= 0.3 is 0 Å². The molecule has 1 aromatic heterocycles. The highest BCUT2D eigenvalue weighted by molar-refractivity contribution is 6.51. The predicted molar refractivity (Wildman–Crippen MR) is 127 cm³/mol. The summed E-state index contributed by atoms with van der Waals surface area (Å²) in [6.07, 6.45) is 3.08. The number of pyridine rings is 1. The molecule has 7 heteroatoms. The van der Waals surface area contributed by atoms with Crippen LogP contribution in [0.1, 0.15) is 43.5 Å². The zero-order valence-corrected chi connectivity index (χ0v) is 19.4. The second-order valence-electron chi connectivity index (χ2n) is 9.10. The van der Waals surface area contributed by atoms with E-state index in [0.29, 0.717) is 16.9 Å². The van der Waals surface area contributed by atoms with Crippen LogP contribution in [0.5, 0.6) is 5.75 Å². The number of aliphatic hydroxyl groups is 1. The fraction of sp³-hybridized carbons (Fsp3) is 0.222. The van der Waals surface area contributed by atoms with Crippen LogP contribution in [-0.2, 0) is 15.0 Å². The monoisotopic (exact) mass is 460 g/mol. The number of anilines is 1. The predicted octanol–water partition coefficient (Wildman–Crippen LogP) is 5.15. The van der Waals surface area contributed by atoms with Crippen molar-refractivity contribution in [1.82, 2.24) is 4.98 Å². The highest BCUT2D eigenvalue weighted by Gasteiger charge is 2.47. The maximum Gasteiger partial charge on any atom is 0.300 e. The number of Topliss-reactive ketones (excluding diaryl/α,β-unsaturated/α-hetero) is 1. The summed E-state index contributed by atoms with van der Waals surface area (Å²) in [4.78, 5) is 31.7. The number of aromatic nitrogens is 1. The molecule has 0 bridgehead atoms. The molecule has 2 heterocycles. The van der Waals surface area contributed by atoms with Crippen molar-refractivity contribution in [2.24, 2.45) is 0 Å². The highest BCUT2D eigenvalue weighted by Crippen LogP contribution is 2.43. The largest absolute Gasteiger partial charge is 0.507 e. The number of rotatable bonds is 4. The summed E-state index contributed by atoms with van der Waals surface area (Å²) in [5.74, 6) is -1.93. The first-order valence-corrected chi connectivity index (χ1v) is 10.8. The summed E-state index contributed by atoms with van der Waals surface area (Å²) < 4.78 is 19.5. The number of benzene rings is 2. The van der Waals surface area contributed by atoms with Crippen LogP contribution in [0.15, 0.2) is 72.6 Å². The van der Waals surface area contributed by atoms with Gasteiger partial charge in [-0.25, -0.2) is 4.39 Å². The molecule has 1 aliphatic heterocycles. The number of carbonyl (C=O) groups excluding carboxylic acids is 2. The number of hydrogen-bond acceptors (Lipinski definition) is 5. The summed E-state index contributed by atoms with van der Waals surface area (Å²) in [5.41, 5.74) is 1.52. The van der Waals surface area contributed by atoms with Crippen molar-refractivity contribution in [3.05, 3.63) is 95.1 Å². The Bertz CT molecular complexity index is 1300. The fourth-order valence-electron chi connectivity index (χ4n) is 4.17. The zero-order valence-electron chi connectivity index (χ0n) is 19.4. The standard InChI is InChI=1S/C27H25FN2O4/c1-27(2,3)20-13-16(10-11-21(20)34-4)24(31)22-23(17-7-6-12-29-15-17)30(26(33)25(22)32)19-9-5-8-18(28)14-19/h5-15,23,31H,1-4H3/b24-22-. The van der Waals surface area contributed by atoms with Crippen molar-refractivity contribution in [3.63, 3.8) is 0 Å². The molecule has 1 N–H and O–H groups in total. The van der Waals surface area contributed by atoms with E-state index >= 15 is 0 Å². The third-order valence-corrected chi connectivity index (χ3v) is 5.81. The number of amides is 1. The molecule has 1 aliphatic rings. The summed E-state index contributed by atoms with van der Waals surface area (Å²) in [7, 11) is 1.57. The van der Waals surface area contributed by atoms with Crippen molar-refractivity contribution in [1.29, 1.82) is 0 Å². The molecular weight excluding hydrogens is 435 g/mol.